The molecule has 4 N–H and O–H groups in total. The highest BCUT2D eigenvalue weighted by atomic mass is 32.2. The van der Waals surface area contributed by atoms with E-state index < -0.39 is 0 Å². The first-order valence-electron chi connectivity index (χ1n) is 19.8. The van der Waals surface area contributed by atoms with Crippen molar-refractivity contribution in [1.29, 1.82) is 0 Å². The summed E-state index contributed by atoms with van der Waals surface area (Å²) in [5.41, 5.74) is 7.16. The molecule has 0 saturated heterocycles. The van der Waals surface area contributed by atoms with Gasteiger partial charge < -0.3 is 30.4 Å². The van der Waals surface area contributed by atoms with Crippen LogP contribution in [0.1, 0.15) is 33.3 Å². The zero-order valence-corrected chi connectivity index (χ0v) is 36.1. The van der Waals surface area contributed by atoms with Crippen molar-refractivity contribution < 1.29 is 9.59 Å². The van der Waals surface area contributed by atoms with E-state index in [-0.39, 0.29) is 23.3 Å². The number of carbonyl (C=O) groups excluding carboxylic acids is 2. The number of hydrogen-bond acceptors (Lipinski definition) is 12. The number of aromatic nitrogens is 8. The second kappa shape index (κ2) is 22.6. The number of nitrogens with zero attached hydrogens (tertiary/aromatic N) is 8. The van der Waals surface area contributed by atoms with Crippen molar-refractivity contribution in [3.05, 3.63) is 145 Å². The van der Waals surface area contributed by atoms with Crippen LogP contribution in [0.4, 0.5) is 22.7 Å². The number of amides is 2. The van der Waals surface area contributed by atoms with Gasteiger partial charge in [0.05, 0.1) is 35.3 Å². The van der Waals surface area contributed by atoms with Gasteiger partial charge in [-0.3, -0.25) is 19.6 Å². The number of rotatable bonds is 17. The van der Waals surface area contributed by atoms with Gasteiger partial charge in [-0.25, -0.2) is 0 Å². The molecule has 0 atom stereocenters. The lowest BCUT2D eigenvalue weighted by Gasteiger charge is -2.09. The number of thioether (sulfide) groups is 2. The van der Waals surface area contributed by atoms with E-state index >= 15 is 0 Å². The van der Waals surface area contributed by atoms with Crippen LogP contribution < -0.4 is 21.3 Å². The van der Waals surface area contributed by atoms with E-state index in [9.17, 15) is 9.59 Å². The van der Waals surface area contributed by atoms with Crippen molar-refractivity contribution in [2.24, 2.45) is 0 Å². The molecule has 312 valence electrons. The summed E-state index contributed by atoms with van der Waals surface area (Å²) in [4.78, 5) is 33.5. The minimum atomic E-state index is -0.0830. The maximum Gasteiger partial charge on any atom is 0.234 e. The number of allylic oxidation sites excluding steroid dienone is 2. The van der Waals surface area contributed by atoms with E-state index in [0.29, 0.717) is 35.1 Å². The van der Waals surface area contributed by atoms with Gasteiger partial charge in [0.2, 0.25) is 11.8 Å². The Kier molecular flexibility index (Phi) is 16.2. The standard InChI is InChI=1S/C24H24N6OS.C21H24N6OS/c1-2-30-23(21-14-13-20(16-26-21)25-15-18-9-5-3-6-10-18)28-29-24(30)32-17-22(31)27-19-11-7-4-8-12-19;1-4-15(3)23-17-11-12-18(22-13-17)20-25-26-21(27(20)5-2)29-14-19(28)24-16-9-7-6-8-10-16/h3-14,16,25H,2,15,17H2,1H3,(H,27,31);4,6-13,23H,5,14H2,1-3H3,(H,24,28)/b;15-4-. The first-order chi connectivity index (χ1) is 29.8. The van der Waals surface area contributed by atoms with Gasteiger partial charge >= 0.3 is 0 Å². The Labute approximate surface area is 364 Å². The van der Waals surface area contributed by atoms with Gasteiger partial charge in [0.1, 0.15) is 11.4 Å². The minimum absolute atomic E-state index is 0.0821. The third kappa shape index (κ3) is 12.9. The fourth-order valence-corrected chi connectivity index (χ4v) is 7.37. The molecule has 0 saturated carbocycles. The number of anilines is 4. The largest absolute Gasteiger partial charge is 0.380 e. The quantitative estimate of drug-likeness (QED) is 0.0642. The van der Waals surface area contributed by atoms with Crippen molar-refractivity contribution in [2.75, 3.05) is 32.8 Å². The molecule has 16 heteroatoms. The summed E-state index contributed by atoms with van der Waals surface area (Å²) in [6.45, 7) is 10.1. The zero-order chi connectivity index (χ0) is 42.8. The average Bonchev–Trinajstić information content (AvgIpc) is 3.92. The SMILES string of the molecule is C/C=C(/C)Nc1ccc(-c2nnc(SCC(=O)Nc3ccccc3)n2CC)nc1.CCn1c(SCC(=O)Nc2ccccc2)nnc1-c1ccc(NCc2ccccc2)cn1. The van der Waals surface area contributed by atoms with E-state index in [2.05, 4.69) is 63.8 Å². The number of hydrogen-bond donors (Lipinski definition) is 4. The van der Waals surface area contributed by atoms with Gasteiger partial charge in [-0.2, -0.15) is 0 Å². The smallest absolute Gasteiger partial charge is 0.234 e. The average molecular weight is 853 g/mol. The molecular weight excluding hydrogens is 805 g/mol. The maximum atomic E-state index is 12.3. The van der Waals surface area contributed by atoms with Gasteiger partial charge in [0, 0.05) is 36.7 Å². The predicted octanol–water partition coefficient (Wildman–Crippen LogP) is 9.13. The maximum absolute atomic E-state index is 12.3. The molecule has 0 fully saturated rings. The summed E-state index contributed by atoms with van der Waals surface area (Å²) in [6.07, 6.45) is 5.57. The molecule has 2 amide bonds. The van der Waals surface area contributed by atoms with Crippen LogP contribution in [-0.4, -0.2) is 62.8 Å². The summed E-state index contributed by atoms with van der Waals surface area (Å²) >= 11 is 2.72. The van der Waals surface area contributed by atoms with Crippen molar-refractivity contribution in [2.45, 2.75) is 57.6 Å². The third-order valence-electron chi connectivity index (χ3n) is 8.95. The van der Waals surface area contributed by atoms with Crippen LogP contribution >= 0.6 is 23.5 Å². The molecule has 4 heterocycles. The first kappa shape index (κ1) is 43.8. The molecule has 4 aromatic heterocycles. The lowest BCUT2D eigenvalue weighted by molar-refractivity contribution is -0.114. The van der Waals surface area contributed by atoms with Crippen molar-refractivity contribution in [3.63, 3.8) is 0 Å². The highest BCUT2D eigenvalue weighted by molar-refractivity contribution is 8.00. The molecule has 61 heavy (non-hydrogen) atoms. The topological polar surface area (TPSA) is 169 Å². The Hall–Kier alpha value is -6.78. The van der Waals surface area contributed by atoms with Crippen LogP contribution in [0.25, 0.3) is 23.0 Å². The summed E-state index contributed by atoms with van der Waals surface area (Å²) in [5.74, 6) is 1.72. The molecule has 3 aromatic carbocycles. The van der Waals surface area contributed by atoms with Gasteiger partial charge in [-0.15, -0.1) is 20.4 Å². The van der Waals surface area contributed by atoms with Crippen LogP contribution in [0.5, 0.6) is 0 Å². The fraction of sp³-hybridized carbons (Fsp3) is 0.200. The van der Waals surface area contributed by atoms with Crippen LogP contribution in [0.2, 0.25) is 0 Å². The number of pyridine rings is 2. The Balaban J connectivity index is 0.000000205. The monoisotopic (exact) mass is 852 g/mol. The van der Waals surface area contributed by atoms with Crippen LogP contribution in [0.3, 0.4) is 0 Å². The van der Waals surface area contributed by atoms with Crippen LogP contribution in [0, 0.1) is 0 Å². The Morgan fingerprint density at radius 2 is 1.03 bits per heavy atom. The van der Waals surface area contributed by atoms with E-state index in [1.807, 2.05) is 146 Å². The Morgan fingerprint density at radius 1 is 0.574 bits per heavy atom. The van der Waals surface area contributed by atoms with E-state index in [1.54, 1.807) is 12.4 Å². The van der Waals surface area contributed by atoms with Gasteiger partial charge in [-0.1, -0.05) is 96.3 Å². The fourth-order valence-electron chi connectivity index (χ4n) is 5.77. The van der Waals surface area contributed by atoms with Crippen LogP contribution in [-0.2, 0) is 29.2 Å². The number of benzene rings is 3. The van der Waals surface area contributed by atoms with Gasteiger partial charge in [-0.05, 0) is 81.8 Å². The number of para-hydroxylation sites is 2. The number of carbonyl (C=O) groups is 2. The Morgan fingerprint density at radius 3 is 1.46 bits per heavy atom. The minimum Gasteiger partial charge on any atom is -0.380 e. The highest BCUT2D eigenvalue weighted by Crippen LogP contribution is 2.26. The summed E-state index contributed by atoms with van der Waals surface area (Å²) in [5, 5.41) is 30.9. The predicted molar refractivity (Wildman–Crippen MR) is 246 cm³/mol. The second-order valence-electron chi connectivity index (χ2n) is 13.3. The molecule has 7 aromatic rings. The van der Waals surface area contributed by atoms with E-state index in [0.717, 1.165) is 46.4 Å². The molecule has 0 spiro atoms. The summed E-state index contributed by atoms with van der Waals surface area (Å²) in [6, 6.07) is 36.8. The molecule has 0 bridgehead atoms. The molecule has 7 rings (SSSR count). The first-order valence-corrected chi connectivity index (χ1v) is 21.7. The third-order valence-corrected chi connectivity index (χ3v) is 10.9. The molecule has 0 radical (unpaired) electrons. The second-order valence-corrected chi connectivity index (χ2v) is 15.2. The molecule has 0 aliphatic carbocycles. The number of nitrogens with one attached hydrogen (secondary N) is 4. The van der Waals surface area contributed by atoms with Gasteiger partial charge in [0.15, 0.2) is 22.0 Å². The molecule has 0 unspecified atom stereocenters. The Bertz CT molecular complexity index is 2480. The molecular formula is C45H48N12O2S2. The normalized spacial score (nSPS) is 11.0. The molecule has 0 aliphatic heterocycles. The molecule has 0 aliphatic rings. The summed E-state index contributed by atoms with van der Waals surface area (Å²) < 4.78 is 3.94. The highest BCUT2D eigenvalue weighted by Gasteiger charge is 2.17. The lowest BCUT2D eigenvalue weighted by atomic mass is 10.2. The van der Waals surface area contributed by atoms with Gasteiger partial charge in [0.25, 0.3) is 0 Å². The van der Waals surface area contributed by atoms with E-state index in [4.69, 9.17) is 0 Å². The van der Waals surface area contributed by atoms with Crippen LogP contribution in [0.15, 0.2) is 150 Å². The van der Waals surface area contributed by atoms with Crippen molar-refractivity contribution in [1.82, 2.24) is 39.5 Å². The summed E-state index contributed by atoms with van der Waals surface area (Å²) in [7, 11) is 0. The zero-order valence-electron chi connectivity index (χ0n) is 34.4. The lowest BCUT2D eigenvalue weighted by Crippen LogP contribution is -2.14. The van der Waals surface area contributed by atoms with Crippen molar-refractivity contribution in [3.8, 4) is 23.0 Å². The van der Waals surface area contributed by atoms with E-state index in [1.165, 1.54) is 29.1 Å². The molecule has 14 nitrogen and oxygen atoms in total. The van der Waals surface area contributed by atoms with Crippen molar-refractivity contribution >= 4 is 58.1 Å².